The van der Waals surface area contributed by atoms with Crippen molar-refractivity contribution in [2.45, 2.75) is 13.0 Å². The first-order valence-corrected chi connectivity index (χ1v) is 4.38. The standard InChI is InChI=1S/C7H11N5O4/c1-3(13)2-9-5-4(12(15)16)6(14)11-7(8)10-5/h3,13H,2H2,1H3,(H4,8,9,10,11,14)/t3-/m0/s1. The highest BCUT2D eigenvalue weighted by Gasteiger charge is 2.21. The van der Waals surface area contributed by atoms with Crippen LogP contribution in [-0.4, -0.2) is 32.6 Å². The van der Waals surface area contributed by atoms with Gasteiger partial charge in [-0.2, -0.15) is 4.98 Å². The molecule has 1 atom stereocenters. The zero-order chi connectivity index (χ0) is 12.3. The number of nitrogen functional groups attached to an aromatic ring is 1. The number of nitrogens with two attached hydrogens (primary N) is 1. The number of H-pyrrole nitrogens is 1. The van der Waals surface area contributed by atoms with Crippen LogP contribution in [0.3, 0.4) is 0 Å². The Morgan fingerprint density at radius 1 is 1.75 bits per heavy atom. The van der Waals surface area contributed by atoms with E-state index in [9.17, 15) is 14.9 Å². The van der Waals surface area contributed by atoms with Crippen LogP contribution in [0.1, 0.15) is 6.92 Å². The summed E-state index contributed by atoms with van der Waals surface area (Å²) in [6.45, 7) is 1.51. The quantitative estimate of drug-likeness (QED) is 0.384. The number of aromatic amines is 1. The number of aliphatic hydroxyl groups is 1. The highest BCUT2D eigenvalue weighted by molar-refractivity contribution is 5.56. The molecule has 9 heteroatoms. The number of anilines is 2. The number of aliphatic hydroxyl groups excluding tert-OH is 1. The first kappa shape index (κ1) is 11.9. The summed E-state index contributed by atoms with van der Waals surface area (Å²) in [6, 6.07) is 0. The van der Waals surface area contributed by atoms with Crippen molar-refractivity contribution in [3.05, 3.63) is 20.5 Å². The van der Waals surface area contributed by atoms with Crippen LogP contribution in [0, 0.1) is 10.1 Å². The van der Waals surface area contributed by atoms with Crippen LogP contribution in [-0.2, 0) is 0 Å². The van der Waals surface area contributed by atoms with Gasteiger partial charge in [-0.05, 0) is 6.92 Å². The number of aromatic nitrogens is 2. The van der Waals surface area contributed by atoms with Gasteiger partial charge in [0.15, 0.2) is 0 Å². The molecule has 0 bridgehead atoms. The van der Waals surface area contributed by atoms with Gasteiger partial charge >= 0.3 is 11.2 Å². The van der Waals surface area contributed by atoms with E-state index >= 15 is 0 Å². The monoisotopic (exact) mass is 229 g/mol. The van der Waals surface area contributed by atoms with E-state index in [1.54, 1.807) is 0 Å². The van der Waals surface area contributed by atoms with Gasteiger partial charge in [0.1, 0.15) is 0 Å². The molecular formula is C7H11N5O4. The highest BCUT2D eigenvalue weighted by atomic mass is 16.6. The molecule has 1 rings (SSSR count). The van der Waals surface area contributed by atoms with Gasteiger partial charge in [-0.25, -0.2) is 0 Å². The fourth-order valence-corrected chi connectivity index (χ4v) is 1.02. The maximum absolute atomic E-state index is 11.2. The van der Waals surface area contributed by atoms with Crippen molar-refractivity contribution in [3.8, 4) is 0 Å². The molecule has 0 unspecified atom stereocenters. The van der Waals surface area contributed by atoms with E-state index in [0.717, 1.165) is 0 Å². The molecule has 88 valence electrons. The van der Waals surface area contributed by atoms with Gasteiger partial charge in [0.05, 0.1) is 11.0 Å². The molecule has 0 aromatic carbocycles. The third kappa shape index (κ3) is 2.67. The van der Waals surface area contributed by atoms with E-state index in [-0.39, 0.29) is 18.3 Å². The van der Waals surface area contributed by atoms with Gasteiger partial charge < -0.3 is 16.2 Å². The van der Waals surface area contributed by atoms with Crippen molar-refractivity contribution >= 4 is 17.5 Å². The molecule has 0 aliphatic rings. The molecule has 0 radical (unpaired) electrons. The Bertz CT molecular complexity index is 455. The molecule has 1 heterocycles. The third-order valence-corrected chi connectivity index (χ3v) is 1.66. The Hall–Kier alpha value is -2.16. The summed E-state index contributed by atoms with van der Waals surface area (Å²) in [6.07, 6.45) is -0.734. The minimum Gasteiger partial charge on any atom is -0.392 e. The summed E-state index contributed by atoms with van der Waals surface area (Å²) in [7, 11) is 0. The Balaban J connectivity index is 3.14. The summed E-state index contributed by atoms with van der Waals surface area (Å²) in [5.41, 5.74) is 3.58. The molecule has 0 saturated heterocycles. The van der Waals surface area contributed by atoms with Gasteiger partial charge in [-0.1, -0.05) is 0 Å². The second-order valence-electron chi connectivity index (χ2n) is 3.14. The molecular weight excluding hydrogens is 218 g/mol. The van der Waals surface area contributed by atoms with Gasteiger partial charge in [0.25, 0.3) is 0 Å². The predicted octanol–water partition coefficient (Wildman–Crippen LogP) is -0.947. The second-order valence-corrected chi connectivity index (χ2v) is 3.14. The molecule has 1 aromatic heterocycles. The average molecular weight is 229 g/mol. The largest absolute Gasteiger partial charge is 0.392 e. The topological polar surface area (TPSA) is 147 Å². The summed E-state index contributed by atoms with van der Waals surface area (Å²) < 4.78 is 0. The lowest BCUT2D eigenvalue weighted by atomic mass is 10.4. The van der Waals surface area contributed by atoms with Gasteiger partial charge in [-0.3, -0.25) is 19.9 Å². The van der Waals surface area contributed by atoms with E-state index in [0.29, 0.717) is 0 Å². The smallest absolute Gasteiger partial charge is 0.375 e. The fraction of sp³-hybridized carbons (Fsp3) is 0.429. The van der Waals surface area contributed by atoms with E-state index in [1.165, 1.54) is 6.92 Å². The van der Waals surface area contributed by atoms with Crippen LogP contribution < -0.4 is 16.6 Å². The molecule has 0 amide bonds. The SMILES string of the molecule is C[C@H](O)CNc1nc(N)[nH]c(=O)c1[N+](=O)[O-]. The molecule has 5 N–H and O–H groups in total. The molecule has 0 fully saturated rings. The molecule has 1 aromatic rings. The highest BCUT2D eigenvalue weighted by Crippen LogP contribution is 2.16. The van der Waals surface area contributed by atoms with Crippen molar-refractivity contribution in [2.75, 3.05) is 17.6 Å². The van der Waals surface area contributed by atoms with Gasteiger partial charge in [-0.15, -0.1) is 0 Å². The summed E-state index contributed by atoms with van der Waals surface area (Å²) in [5, 5.41) is 22.1. The van der Waals surface area contributed by atoms with Crippen LogP contribution >= 0.6 is 0 Å². The number of nitrogens with zero attached hydrogens (tertiary/aromatic N) is 2. The van der Waals surface area contributed by atoms with E-state index in [4.69, 9.17) is 10.8 Å². The van der Waals surface area contributed by atoms with E-state index in [2.05, 4.69) is 10.3 Å². The molecule has 0 aliphatic carbocycles. The third-order valence-electron chi connectivity index (χ3n) is 1.66. The van der Waals surface area contributed by atoms with Crippen LogP contribution in [0.2, 0.25) is 0 Å². The van der Waals surface area contributed by atoms with Crippen molar-refractivity contribution in [3.63, 3.8) is 0 Å². The Labute approximate surface area is 89.5 Å². The van der Waals surface area contributed by atoms with Crippen LogP contribution in [0.25, 0.3) is 0 Å². The van der Waals surface area contributed by atoms with Crippen molar-refractivity contribution in [1.82, 2.24) is 9.97 Å². The van der Waals surface area contributed by atoms with Crippen LogP contribution in [0.4, 0.5) is 17.5 Å². The first-order chi connectivity index (χ1) is 7.41. The molecule has 0 spiro atoms. The summed E-state index contributed by atoms with van der Waals surface area (Å²) >= 11 is 0. The lowest BCUT2D eigenvalue weighted by molar-refractivity contribution is -0.385. The van der Waals surface area contributed by atoms with E-state index in [1.807, 2.05) is 4.98 Å². The predicted molar refractivity (Wildman–Crippen MR) is 56.1 cm³/mol. The summed E-state index contributed by atoms with van der Waals surface area (Å²) in [5.74, 6) is -0.490. The normalized spacial score (nSPS) is 12.1. The number of hydrogen-bond donors (Lipinski definition) is 4. The van der Waals surface area contributed by atoms with Gasteiger partial charge in [0, 0.05) is 6.54 Å². The number of nitrogens with one attached hydrogen (secondary N) is 2. The Morgan fingerprint density at radius 2 is 2.38 bits per heavy atom. The minimum atomic E-state index is -0.939. The second kappa shape index (κ2) is 4.57. The zero-order valence-electron chi connectivity index (χ0n) is 8.43. The van der Waals surface area contributed by atoms with Crippen molar-refractivity contribution in [2.24, 2.45) is 0 Å². The maximum atomic E-state index is 11.2. The number of rotatable bonds is 4. The minimum absolute atomic E-state index is 0.0245. The van der Waals surface area contributed by atoms with Crippen molar-refractivity contribution in [1.29, 1.82) is 0 Å². The number of nitro groups is 1. The van der Waals surface area contributed by atoms with Gasteiger partial charge in [0.2, 0.25) is 11.8 Å². The van der Waals surface area contributed by atoms with Crippen LogP contribution in [0.15, 0.2) is 4.79 Å². The fourth-order valence-electron chi connectivity index (χ4n) is 1.02. The molecule has 16 heavy (non-hydrogen) atoms. The average Bonchev–Trinajstić information content (AvgIpc) is 2.12. The summed E-state index contributed by atoms with van der Waals surface area (Å²) in [4.78, 5) is 26.6. The molecule has 9 nitrogen and oxygen atoms in total. The lowest BCUT2D eigenvalue weighted by Gasteiger charge is -2.07. The molecule has 0 aliphatic heterocycles. The zero-order valence-corrected chi connectivity index (χ0v) is 8.43. The Kier molecular flexibility index (Phi) is 3.40. The van der Waals surface area contributed by atoms with E-state index < -0.39 is 22.3 Å². The van der Waals surface area contributed by atoms with Crippen LogP contribution in [0.5, 0.6) is 0 Å². The molecule has 0 saturated carbocycles. The van der Waals surface area contributed by atoms with Crippen molar-refractivity contribution < 1.29 is 10.0 Å². The first-order valence-electron chi connectivity index (χ1n) is 4.38. The number of hydrogen-bond acceptors (Lipinski definition) is 7. The lowest BCUT2D eigenvalue weighted by Crippen LogP contribution is -2.22. The Morgan fingerprint density at radius 3 is 2.88 bits per heavy atom. The maximum Gasteiger partial charge on any atom is 0.375 e.